The van der Waals surface area contributed by atoms with Crippen LogP contribution in [0.5, 0.6) is 0 Å². The molecule has 3 amide bonds. The molecule has 0 aliphatic carbocycles. The molecule has 1 rings (SSSR count). The van der Waals surface area contributed by atoms with Gasteiger partial charge in [-0.1, -0.05) is 37.3 Å². The molecule has 0 spiro atoms. The third-order valence-corrected chi connectivity index (χ3v) is 3.59. The summed E-state index contributed by atoms with van der Waals surface area (Å²) in [6.07, 6.45) is -0.895. The first kappa shape index (κ1) is 20.9. The van der Waals surface area contributed by atoms with Crippen LogP contribution in [0, 0.1) is 17.2 Å². The van der Waals surface area contributed by atoms with Crippen molar-refractivity contribution in [2.75, 3.05) is 6.61 Å². The molecular formula is C17H22N4O5. The Hall–Kier alpha value is -3.12. The van der Waals surface area contributed by atoms with E-state index in [0.717, 1.165) is 5.56 Å². The molecule has 9 nitrogen and oxygen atoms in total. The van der Waals surface area contributed by atoms with Crippen molar-refractivity contribution < 1.29 is 24.2 Å². The number of hydrogen-bond donors (Lipinski definition) is 4. The third kappa shape index (κ3) is 6.78. The number of nitrogens with one attached hydrogen (secondary N) is 2. The Kier molecular flexibility index (Phi) is 8.60. The van der Waals surface area contributed by atoms with Crippen LogP contribution in [-0.2, 0) is 20.9 Å². The third-order valence-electron chi connectivity index (χ3n) is 3.59. The van der Waals surface area contributed by atoms with Crippen LogP contribution < -0.4 is 16.4 Å². The fourth-order valence-electron chi connectivity index (χ4n) is 2.11. The summed E-state index contributed by atoms with van der Waals surface area (Å²) in [4.78, 5) is 35.4. The number of ether oxygens (including phenoxy) is 1. The molecule has 9 heteroatoms. The zero-order chi connectivity index (χ0) is 19.5. The molecule has 0 unspecified atom stereocenters. The standard InChI is InChI=1S/C17H22N4O5/c1-11(7-8-18)14(15(19)23)21-16(24)13(9-22)20-17(25)26-10-12-5-3-2-4-6-12/h2-6,11,13-14,22H,7,9-10H2,1H3,(H2,19,23)(H,20,25)(H,21,24)/t11-,13+,14+/m1/s1. The van der Waals surface area contributed by atoms with Gasteiger partial charge in [0.25, 0.3) is 0 Å². The van der Waals surface area contributed by atoms with E-state index >= 15 is 0 Å². The first-order valence-corrected chi connectivity index (χ1v) is 7.93. The number of alkyl carbamates (subject to hydrolysis) is 1. The van der Waals surface area contributed by atoms with E-state index in [1.54, 1.807) is 31.2 Å². The minimum atomic E-state index is -1.32. The average Bonchev–Trinajstić information content (AvgIpc) is 2.62. The quantitative estimate of drug-likeness (QED) is 0.476. The lowest BCUT2D eigenvalue weighted by Gasteiger charge is -2.23. The van der Waals surface area contributed by atoms with Crippen LogP contribution in [0.3, 0.4) is 0 Å². The predicted octanol–water partition coefficient (Wildman–Crippen LogP) is -0.206. The SMILES string of the molecule is C[C@H](CC#N)[C@H](NC(=O)[C@H](CO)NC(=O)OCc1ccccc1)C(N)=O. The Labute approximate surface area is 151 Å². The first-order valence-electron chi connectivity index (χ1n) is 7.93. The summed E-state index contributed by atoms with van der Waals surface area (Å²) in [5.41, 5.74) is 5.99. The van der Waals surface area contributed by atoms with Crippen molar-refractivity contribution in [3.63, 3.8) is 0 Å². The second-order valence-corrected chi connectivity index (χ2v) is 5.67. The molecule has 0 bridgehead atoms. The Morgan fingerprint density at radius 2 is 1.92 bits per heavy atom. The Morgan fingerprint density at radius 3 is 2.46 bits per heavy atom. The van der Waals surface area contributed by atoms with Crippen LogP contribution in [-0.4, -0.2) is 41.7 Å². The fourth-order valence-corrected chi connectivity index (χ4v) is 2.11. The van der Waals surface area contributed by atoms with Gasteiger partial charge in [-0.2, -0.15) is 5.26 Å². The number of nitriles is 1. The van der Waals surface area contributed by atoms with Gasteiger partial charge < -0.3 is 26.2 Å². The summed E-state index contributed by atoms with van der Waals surface area (Å²) < 4.78 is 4.97. The zero-order valence-electron chi connectivity index (χ0n) is 14.3. The Balaban J connectivity index is 2.60. The summed E-state index contributed by atoms with van der Waals surface area (Å²) in [6, 6.07) is 8.37. The van der Waals surface area contributed by atoms with E-state index in [2.05, 4.69) is 10.6 Å². The minimum absolute atomic E-state index is 0.00419. The summed E-state index contributed by atoms with van der Waals surface area (Å²) >= 11 is 0. The molecule has 0 aromatic heterocycles. The number of aliphatic hydroxyl groups excluding tert-OH is 1. The molecule has 26 heavy (non-hydrogen) atoms. The minimum Gasteiger partial charge on any atom is -0.445 e. The maximum Gasteiger partial charge on any atom is 0.408 e. The molecule has 5 N–H and O–H groups in total. The lowest BCUT2D eigenvalue weighted by molar-refractivity contribution is -0.130. The van der Waals surface area contributed by atoms with Gasteiger partial charge >= 0.3 is 6.09 Å². The van der Waals surface area contributed by atoms with Gasteiger partial charge in [-0.3, -0.25) is 9.59 Å². The highest BCUT2D eigenvalue weighted by molar-refractivity contribution is 5.90. The summed E-state index contributed by atoms with van der Waals surface area (Å²) in [5.74, 6) is -2.15. The molecule has 0 fully saturated rings. The summed E-state index contributed by atoms with van der Waals surface area (Å²) in [5, 5.41) is 22.6. The number of hydrogen-bond acceptors (Lipinski definition) is 6. The Morgan fingerprint density at radius 1 is 1.27 bits per heavy atom. The van der Waals surface area contributed by atoms with Crippen molar-refractivity contribution in [3.8, 4) is 6.07 Å². The highest BCUT2D eigenvalue weighted by atomic mass is 16.5. The number of primary amides is 1. The van der Waals surface area contributed by atoms with Crippen LogP contribution >= 0.6 is 0 Å². The van der Waals surface area contributed by atoms with Crippen molar-refractivity contribution in [1.82, 2.24) is 10.6 Å². The molecule has 0 saturated heterocycles. The van der Waals surface area contributed by atoms with Crippen molar-refractivity contribution in [2.24, 2.45) is 11.7 Å². The lowest BCUT2D eigenvalue weighted by atomic mass is 9.98. The molecule has 0 radical (unpaired) electrons. The van der Waals surface area contributed by atoms with Crippen LogP contribution in [0.2, 0.25) is 0 Å². The molecule has 3 atom stereocenters. The van der Waals surface area contributed by atoms with E-state index in [1.165, 1.54) is 0 Å². The van der Waals surface area contributed by atoms with Gasteiger partial charge in [-0.05, 0) is 11.5 Å². The zero-order valence-corrected chi connectivity index (χ0v) is 14.3. The molecule has 1 aromatic carbocycles. The molecule has 1 aromatic rings. The van der Waals surface area contributed by atoms with Gasteiger partial charge in [0.1, 0.15) is 18.7 Å². The highest BCUT2D eigenvalue weighted by Gasteiger charge is 2.29. The number of amides is 3. The summed E-state index contributed by atoms with van der Waals surface area (Å²) in [6.45, 7) is 0.869. The van der Waals surface area contributed by atoms with Gasteiger partial charge in [0.15, 0.2) is 0 Å². The molecule has 0 aliphatic heterocycles. The van der Waals surface area contributed by atoms with Crippen molar-refractivity contribution in [1.29, 1.82) is 5.26 Å². The van der Waals surface area contributed by atoms with Crippen molar-refractivity contribution in [3.05, 3.63) is 35.9 Å². The fraction of sp³-hybridized carbons (Fsp3) is 0.412. The molecular weight excluding hydrogens is 340 g/mol. The Bertz CT molecular complexity index is 659. The molecule has 140 valence electrons. The predicted molar refractivity (Wildman–Crippen MR) is 91.2 cm³/mol. The van der Waals surface area contributed by atoms with Crippen LogP contribution in [0.1, 0.15) is 18.9 Å². The van der Waals surface area contributed by atoms with Crippen molar-refractivity contribution in [2.45, 2.75) is 32.0 Å². The molecule has 0 saturated carbocycles. The lowest BCUT2D eigenvalue weighted by Crippen LogP contribution is -2.56. The highest BCUT2D eigenvalue weighted by Crippen LogP contribution is 2.07. The first-order chi connectivity index (χ1) is 12.4. The largest absolute Gasteiger partial charge is 0.445 e. The van der Waals surface area contributed by atoms with Gasteiger partial charge in [-0.15, -0.1) is 0 Å². The van der Waals surface area contributed by atoms with Gasteiger partial charge in [0.2, 0.25) is 11.8 Å². The van der Waals surface area contributed by atoms with Gasteiger partial charge in [-0.25, -0.2) is 4.79 Å². The average molecular weight is 362 g/mol. The van der Waals surface area contributed by atoms with E-state index in [4.69, 9.17) is 15.7 Å². The number of benzene rings is 1. The maximum absolute atomic E-state index is 12.2. The number of carbonyl (C=O) groups excluding carboxylic acids is 3. The normalized spacial score (nSPS) is 13.6. The number of carbonyl (C=O) groups is 3. The smallest absolute Gasteiger partial charge is 0.408 e. The van der Waals surface area contributed by atoms with Crippen LogP contribution in [0.4, 0.5) is 4.79 Å². The van der Waals surface area contributed by atoms with Gasteiger partial charge in [0.05, 0.1) is 12.7 Å². The van der Waals surface area contributed by atoms with Crippen LogP contribution in [0.25, 0.3) is 0 Å². The number of nitrogens with two attached hydrogens (primary N) is 1. The van der Waals surface area contributed by atoms with Crippen molar-refractivity contribution >= 4 is 17.9 Å². The van der Waals surface area contributed by atoms with E-state index in [1.807, 2.05) is 12.1 Å². The monoisotopic (exact) mass is 362 g/mol. The number of nitrogens with zero attached hydrogens (tertiary/aromatic N) is 1. The second-order valence-electron chi connectivity index (χ2n) is 5.67. The maximum atomic E-state index is 12.2. The van der Waals surface area contributed by atoms with Crippen LogP contribution in [0.15, 0.2) is 30.3 Å². The number of rotatable bonds is 9. The molecule has 0 heterocycles. The number of aliphatic hydroxyl groups is 1. The van der Waals surface area contributed by atoms with E-state index in [9.17, 15) is 19.5 Å². The van der Waals surface area contributed by atoms with E-state index in [0.29, 0.717) is 0 Å². The topological polar surface area (TPSA) is 155 Å². The van der Waals surface area contributed by atoms with E-state index in [-0.39, 0.29) is 13.0 Å². The van der Waals surface area contributed by atoms with Gasteiger partial charge in [0, 0.05) is 6.42 Å². The second kappa shape index (κ2) is 10.7. The summed E-state index contributed by atoms with van der Waals surface area (Å²) in [7, 11) is 0. The van der Waals surface area contributed by atoms with E-state index < -0.39 is 42.5 Å². The molecule has 0 aliphatic rings.